The first kappa shape index (κ1) is 11.9. The SMILES string of the molecule is COc1ccccc1C(C#N)C(=O)c1ccco1. The molecule has 1 heterocycles. The summed E-state index contributed by atoms with van der Waals surface area (Å²) in [5.74, 6) is -0.601. The van der Waals surface area contributed by atoms with Crippen LogP contribution in [0.1, 0.15) is 22.0 Å². The number of methoxy groups -OCH3 is 1. The lowest BCUT2D eigenvalue weighted by Crippen LogP contribution is -2.11. The molecule has 0 radical (unpaired) electrons. The fourth-order valence-electron chi connectivity index (χ4n) is 1.74. The van der Waals surface area contributed by atoms with Gasteiger partial charge in [-0.1, -0.05) is 18.2 Å². The number of hydrogen-bond donors (Lipinski definition) is 0. The van der Waals surface area contributed by atoms with Gasteiger partial charge < -0.3 is 9.15 Å². The molecule has 4 nitrogen and oxygen atoms in total. The maximum atomic E-state index is 12.1. The number of hydrogen-bond acceptors (Lipinski definition) is 4. The number of nitrogens with zero attached hydrogens (tertiary/aromatic N) is 1. The van der Waals surface area contributed by atoms with Crippen molar-refractivity contribution < 1.29 is 13.9 Å². The molecule has 0 saturated carbocycles. The molecular weight excluding hydrogens is 230 g/mol. The third-order valence-electron chi connectivity index (χ3n) is 2.61. The van der Waals surface area contributed by atoms with Crippen LogP contribution in [0.5, 0.6) is 5.75 Å². The molecular formula is C14H11NO3. The molecule has 0 saturated heterocycles. The highest BCUT2D eigenvalue weighted by molar-refractivity contribution is 6.01. The van der Waals surface area contributed by atoms with Gasteiger partial charge in [-0.25, -0.2) is 0 Å². The largest absolute Gasteiger partial charge is 0.496 e. The summed E-state index contributed by atoms with van der Waals surface area (Å²) < 4.78 is 10.2. The van der Waals surface area contributed by atoms with Gasteiger partial charge in [0.25, 0.3) is 0 Å². The smallest absolute Gasteiger partial charge is 0.219 e. The molecule has 0 spiro atoms. The summed E-state index contributed by atoms with van der Waals surface area (Å²) in [6.45, 7) is 0. The topological polar surface area (TPSA) is 63.2 Å². The Kier molecular flexibility index (Phi) is 3.44. The minimum absolute atomic E-state index is 0.174. The van der Waals surface area contributed by atoms with Gasteiger partial charge in [-0.2, -0.15) is 5.26 Å². The van der Waals surface area contributed by atoms with E-state index in [1.165, 1.54) is 13.4 Å². The summed E-state index contributed by atoms with van der Waals surface area (Å²) in [6.07, 6.45) is 1.41. The fourth-order valence-corrected chi connectivity index (χ4v) is 1.74. The molecule has 1 aromatic carbocycles. The molecule has 0 aliphatic rings. The van der Waals surface area contributed by atoms with Gasteiger partial charge in [0.1, 0.15) is 11.7 Å². The van der Waals surface area contributed by atoms with Crippen LogP contribution in [0.15, 0.2) is 47.1 Å². The monoisotopic (exact) mass is 241 g/mol. The van der Waals surface area contributed by atoms with Gasteiger partial charge in [0.15, 0.2) is 5.76 Å². The van der Waals surface area contributed by atoms with Crippen molar-refractivity contribution in [3.63, 3.8) is 0 Å². The van der Waals surface area contributed by atoms with Crippen LogP contribution in [0, 0.1) is 11.3 Å². The Morgan fingerprint density at radius 2 is 2.11 bits per heavy atom. The van der Waals surface area contributed by atoms with Crippen LogP contribution < -0.4 is 4.74 Å². The number of nitriles is 1. The van der Waals surface area contributed by atoms with Crippen molar-refractivity contribution in [3.05, 3.63) is 54.0 Å². The minimum atomic E-state index is -0.924. The van der Waals surface area contributed by atoms with Crippen LogP contribution in [0.2, 0.25) is 0 Å². The second-order valence-electron chi connectivity index (χ2n) is 3.65. The van der Waals surface area contributed by atoms with Crippen LogP contribution in [-0.2, 0) is 0 Å². The highest BCUT2D eigenvalue weighted by atomic mass is 16.5. The summed E-state index contributed by atoms with van der Waals surface area (Å²) in [6, 6.07) is 12.1. The first-order valence-corrected chi connectivity index (χ1v) is 5.38. The molecule has 0 aliphatic carbocycles. The maximum Gasteiger partial charge on any atom is 0.219 e. The van der Waals surface area contributed by atoms with Gasteiger partial charge in [0.05, 0.1) is 19.4 Å². The second kappa shape index (κ2) is 5.19. The predicted octanol–water partition coefficient (Wildman–Crippen LogP) is 2.78. The molecule has 0 N–H and O–H groups in total. The van der Waals surface area contributed by atoms with Gasteiger partial charge in [-0.15, -0.1) is 0 Å². The van der Waals surface area contributed by atoms with E-state index in [-0.39, 0.29) is 11.5 Å². The van der Waals surface area contributed by atoms with E-state index in [1.54, 1.807) is 36.4 Å². The summed E-state index contributed by atoms with van der Waals surface area (Å²) in [5, 5.41) is 9.20. The third-order valence-corrected chi connectivity index (χ3v) is 2.61. The molecule has 1 aromatic heterocycles. The Morgan fingerprint density at radius 1 is 1.33 bits per heavy atom. The predicted molar refractivity (Wildman–Crippen MR) is 64.4 cm³/mol. The Labute approximate surface area is 104 Å². The van der Waals surface area contributed by atoms with Crippen LogP contribution in [0.4, 0.5) is 0 Å². The molecule has 0 aliphatic heterocycles. The lowest BCUT2D eigenvalue weighted by atomic mass is 9.94. The second-order valence-corrected chi connectivity index (χ2v) is 3.65. The molecule has 0 bridgehead atoms. The van der Waals surface area contributed by atoms with Crippen LogP contribution in [-0.4, -0.2) is 12.9 Å². The quantitative estimate of drug-likeness (QED) is 0.772. The summed E-state index contributed by atoms with van der Waals surface area (Å²) in [4.78, 5) is 12.1. The molecule has 90 valence electrons. The third kappa shape index (κ3) is 2.11. The molecule has 1 atom stereocenters. The van der Waals surface area contributed by atoms with E-state index in [2.05, 4.69) is 0 Å². The lowest BCUT2D eigenvalue weighted by molar-refractivity contribution is 0.0951. The molecule has 18 heavy (non-hydrogen) atoms. The first-order chi connectivity index (χ1) is 8.77. The molecule has 2 rings (SSSR count). The fraction of sp³-hybridized carbons (Fsp3) is 0.143. The number of para-hydroxylation sites is 1. The van der Waals surface area contributed by atoms with Gasteiger partial charge in [0, 0.05) is 5.56 Å². The number of ether oxygens (including phenoxy) is 1. The molecule has 4 heteroatoms. The van der Waals surface area contributed by atoms with Crippen molar-refractivity contribution in [1.82, 2.24) is 0 Å². The summed E-state index contributed by atoms with van der Waals surface area (Å²) >= 11 is 0. The zero-order valence-corrected chi connectivity index (χ0v) is 9.79. The van der Waals surface area contributed by atoms with Crippen LogP contribution in [0.25, 0.3) is 0 Å². The van der Waals surface area contributed by atoms with E-state index >= 15 is 0 Å². The standard InChI is InChI=1S/C14H11NO3/c1-17-12-6-3-2-5-10(12)11(9-15)14(16)13-7-4-8-18-13/h2-8,11H,1H3. The van der Waals surface area contributed by atoms with Crippen LogP contribution in [0.3, 0.4) is 0 Å². The number of ketones is 1. The average Bonchev–Trinajstić information content (AvgIpc) is 2.94. The summed E-state index contributed by atoms with van der Waals surface area (Å²) in [7, 11) is 1.50. The highest BCUT2D eigenvalue weighted by Crippen LogP contribution is 2.28. The van der Waals surface area contributed by atoms with Gasteiger partial charge in [-0.05, 0) is 18.2 Å². The molecule has 0 amide bonds. The van der Waals surface area contributed by atoms with Crippen molar-refractivity contribution in [3.8, 4) is 11.8 Å². The van der Waals surface area contributed by atoms with Crippen molar-refractivity contribution in [2.24, 2.45) is 0 Å². The minimum Gasteiger partial charge on any atom is -0.496 e. The maximum absolute atomic E-state index is 12.1. The Bertz CT molecular complexity index is 581. The van der Waals surface area contributed by atoms with Crippen LogP contribution >= 0.6 is 0 Å². The Balaban J connectivity index is 2.41. The van der Waals surface area contributed by atoms with E-state index < -0.39 is 5.92 Å². The van der Waals surface area contributed by atoms with Gasteiger partial charge in [0.2, 0.25) is 5.78 Å². The first-order valence-electron chi connectivity index (χ1n) is 5.38. The van der Waals surface area contributed by atoms with Crippen molar-refractivity contribution in [1.29, 1.82) is 5.26 Å². The van der Waals surface area contributed by atoms with E-state index in [0.717, 1.165) is 0 Å². The van der Waals surface area contributed by atoms with E-state index in [4.69, 9.17) is 9.15 Å². The molecule has 1 unspecified atom stereocenters. The zero-order chi connectivity index (χ0) is 13.0. The normalized spacial score (nSPS) is 11.6. The number of rotatable bonds is 4. The van der Waals surface area contributed by atoms with E-state index in [9.17, 15) is 10.1 Å². The number of carbonyl (C=O) groups excluding carboxylic acids is 1. The Hall–Kier alpha value is -2.54. The summed E-state index contributed by atoms with van der Waals surface area (Å²) in [5.41, 5.74) is 0.545. The Morgan fingerprint density at radius 3 is 2.72 bits per heavy atom. The zero-order valence-electron chi connectivity index (χ0n) is 9.79. The molecule has 0 fully saturated rings. The number of carbonyl (C=O) groups is 1. The van der Waals surface area contributed by atoms with Crippen molar-refractivity contribution >= 4 is 5.78 Å². The van der Waals surface area contributed by atoms with E-state index in [0.29, 0.717) is 11.3 Å². The number of benzene rings is 1. The number of furan rings is 1. The molecule has 2 aromatic rings. The number of Topliss-reactive ketones (excluding diaryl/α,β-unsaturated/α-hetero) is 1. The van der Waals surface area contributed by atoms with Gasteiger partial charge in [-0.3, -0.25) is 4.79 Å². The highest BCUT2D eigenvalue weighted by Gasteiger charge is 2.26. The van der Waals surface area contributed by atoms with Crippen molar-refractivity contribution in [2.75, 3.05) is 7.11 Å². The average molecular weight is 241 g/mol. The van der Waals surface area contributed by atoms with E-state index in [1.807, 2.05) is 6.07 Å². The van der Waals surface area contributed by atoms with Gasteiger partial charge >= 0.3 is 0 Å². The van der Waals surface area contributed by atoms with Crippen molar-refractivity contribution in [2.45, 2.75) is 5.92 Å². The lowest BCUT2D eigenvalue weighted by Gasteiger charge is -2.11.